The van der Waals surface area contributed by atoms with Gasteiger partial charge in [0, 0.05) is 6.04 Å². The Morgan fingerprint density at radius 2 is 2.06 bits per heavy atom. The van der Waals surface area contributed by atoms with Gasteiger partial charge in [-0.1, -0.05) is 25.5 Å². The molecule has 0 aromatic heterocycles. The van der Waals surface area contributed by atoms with Gasteiger partial charge in [0.25, 0.3) is 0 Å². The molecule has 0 spiro atoms. The van der Waals surface area contributed by atoms with Crippen LogP contribution in [0, 0.1) is 0 Å². The van der Waals surface area contributed by atoms with Crippen LogP contribution in [0.15, 0.2) is 24.3 Å². The molecular weight excluding hydrogens is 219 g/mol. The topological polar surface area (TPSA) is 35.2 Å². The molecule has 2 N–H and O–H groups in total. The first-order chi connectivity index (χ1) is 7.42. The molecule has 1 atom stereocenters. The van der Waals surface area contributed by atoms with Crippen molar-refractivity contribution in [1.29, 1.82) is 0 Å². The molecule has 0 amide bonds. The predicted octanol–water partition coefficient (Wildman–Crippen LogP) is 3.39. The van der Waals surface area contributed by atoms with Gasteiger partial charge in [0.05, 0.1) is 0 Å². The fraction of sp³-hybridized carbons (Fsp3) is 0.455. The maximum atomic E-state index is 12.0. The highest BCUT2D eigenvalue weighted by Gasteiger charge is 2.31. The summed E-state index contributed by atoms with van der Waals surface area (Å²) in [6, 6.07) is 5.54. The molecule has 1 rings (SSSR count). The number of nitrogens with two attached hydrogens (primary N) is 1. The number of ether oxygens (including phenoxy) is 1. The van der Waals surface area contributed by atoms with Crippen LogP contribution in [0.1, 0.15) is 31.4 Å². The third-order valence-corrected chi connectivity index (χ3v) is 2.12. The zero-order valence-corrected chi connectivity index (χ0v) is 8.92. The van der Waals surface area contributed by atoms with Crippen LogP contribution in [-0.4, -0.2) is 6.36 Å². The van der Waals surface area contributed by atoms with Gasteiger partial charge in [-0.2, -0.15) is 0 Å². The molecule has 0 aliphatic rings. The molecule has 0 saturated carbocycles. The van der Waals surface area contributed by atoms with Crippen molar-refractivity contribution in [2.75, 3.05) is 0 Å². The monoisotopic (exact) mass is 233 g/mol. The van der Waals surface area contributed by atoms with Crippen molar-refractivity contribution in [2.24, 2.45) is 5.73 Å². The summed E-state index contributed by atoms with van der Waals surface area (Å²) in [6.45, 7) is 1.97. The van der Waals surface area contributed by atoms with Crippen LogP contribution in [0.2, 0.25) is 0 Å². The van der Waals surface area contributed by atoms with Crippen LogP contribution < -0.4 is 10.5 Å². The van der Waals surface area contributed by atoms with Crippen LogP contribution in [0.4, 0.5) is 13.2 Å². The van der Waals surface area contributed by atoms with E-state index in [4.69, 9.17) is 5.73 Å². The second kappa shape index (κ2) is 5.21. The Morgan fingerprint density at radius 3 is 2.62 bits per heavy atom. The molecule has 0 bridgehead atoms. The molecule has 1 aromatic rings. The largest absolute Gasteiger partial charge is 0.573 e. The summed E-state index contributed by atoms with van der Waals surface area (Å²) in [5.74, 6) is -0.225. The average Bonchev–Trinajstić information content (AvgIpc) is 2.16. The van der Waals surface area contributed by atoms with Crippen molar-refractivity contribution in [3.8, 4) is 5.75 Å². The Hall–Kier alpha value is -1.23. The molecule has 0 fully saturated rings. The molecule has 16 heavy (non-hydrogen) atoms. The molecule has 1 aromatic carbocycles. The van der Waals surface area contributed by atoms with Gasteiger partial charge in [0.2, 0.25) is 0 Å². The Morgan fingerprint density at radius 1 is 1.38 bits per heavy atom. The molecule has 0 aliphatic carbocycles. The second-order valence-corrected chi connectivity index (χ2v) is 3.52. The highest BCUT2D eigenvalue weighted by molar-refractivity contribution is 5.30. The van der Waals surface area contributed by atoms with Crippen molar-refractivity contribution >= 4 is 0 Å². The molecule has 1 unspecified atom stereocenters. The van der Waals surface area contributed by atoms with Crippen LogP contribution in [0.25, 0.3) is 0 Å². The van der Waals surface area contributed by atoms with Crippen LogP contribution in [0.3, 0.4) is 0 Å². The standard InChI is InChI=1S/C11H14F3NO/c1-2-4-10(15)8-5-3-6-9(7-8)16-11(12,13)14/h3,5-7,10H,2,4,15H2,1H3. The SMILES string of the molecule is CCCC(N)c1cccc(OC(F)(F)F)c1. The van der Waals surface area contributed by atoms with Gasteiger partial charge >= 0.3 is 6.36 Å². The third-order valence-electron chi connectivity index (χ3n) is 2.12. The zero-order chi connectivity index (χ0) is 12.2. The lowest BCUT2D eigenvalue weighted by molar-refractivity contribution is -0.274. The summed E-state index contributed by atoms with van der Waals surface area (Å²) in [4.78, 5) is 0. The van der Waals surface area contributed by atoms with Gasteiger partial charge in [-0.25, -0.2) is 0 Å². The first-order valence-electron chi connectivity index (χ1n) is 5.03. The summed E-state index contributed by atoms with van der Waals surface area (Å²) in [5.41, 5.74) is 6.46. The van der Waals surface area contributed by atoms with E-state index in [0.717, 1.165) is 12.8 Å². The Labute approximate surface area is 92.2 Å². The quantitative estimate of drug-likeness (QED) is 0.865. The van der Waals surface area contributed by atoms with Crippen molar-refractivity contribution in [1.82, 2.24) is 0 Å². The molecule has 0 heterocycles. The smallest absolute Gasteiger partial charge is 0.406 e. The zero-order valence-electron chi connectivity index (χ0n) is 8.92. The van der Waals surface area contributed by atoms with E-state index in [1.165, 1.54) is 18.2 Å². The highest BCUT2D eigenvalue weighted by Crippen LogP contribution is 2.26. The molecule has 5 heteroatoms. The van der Waals surface area contributed by atoms with Crippen molar-refractivity contribution in [3.63, 3.8) is 0 Å². The van der Waals surface area contributed by atoms with Crippen LogP contribution >= 0.6 is 0 Å². The molecule has 0 saturated heterocycles. The Kier molecular flexibility index (Phi) is 4.18. The minimum absolute atomic E-state index is 0.225. The summed E-state index contributed by atoms with van der Waals surface area (Å²) in [5, 5.41) is 0. The lowest BCUT2D eigenvalue weighted by Crippen LogP contribution is -2.17. The molecule has 0 aliphatic heterocycles. The Balaban J connectivity index is 2.78. The van der Waals surface area contributed by atoms with Crippen molar-refractivity contribution < 1.29 is 17.9 Å². The van der Waals surface area contributed by atoms with Crippen molar-refractivity contribution in [3.05, 3.63) is 29.8 Å². The number of halogens is 3. The highest BCUT2D eigenvalue weighted by atomic mass is 19.4. The fourth-order valence-electron chi connectivity index (χ4n) is 1.42. The number of rotatable bonds is 4. The number of hydrogen-bond acceptors (Lipinski definition) is 2. The van der Waals surface area contributed by atoms with Gasteiger partial charge in [-0.15, -0.1) is 13.2 Å². The first-order valence-corrected chi connectivity index (χ1v) is 5.03. The first kappa shape index (κ1) is 12.8. The van der Waals surface area contributed by atoms with E-state index in [9.17, 15) is 13.2 Å². The van der Waals surface area contributed by atoms with Gasteiger partial charge < -0.3 is 10.5 Å². The predicted molar refractivity (Wildman–Crippen MR) is 55.0 cm³/mol. The third kappa shape index (κ3) is 4.10. The maximum Gasteiger partial charge on any atom is 0.573 e. The molecule has 2 nitrogen and oxygen atoms in total. The summed E-state index contributed by atoms with van der Waals surface area (Å²) < 4.78 is 39.7. The molecule has 90 valence electrons. The second-order valence-electron chi connectivity index (χ2n) is 3.52. The Bertz CT molecular complexity index is 338. The lowest BCUT2D eigenvalue weighted by Gasteiger charge is -2.13. The van der Waals surface area contributed by atoms with Gasteiger partial charge in [-0.3, -0.25) is 0 Å². The molecule has 0 radical (unpaired) electrons. The minimum atomic E-state index is -4.66. The number of alkyl halides is 3. The van der Waals surface area contributed by atoms with Crippen LogP contribution in [-0.2, 0) is 0 Å². The number of benzene rings is 1. The summed E-state index contributed by atoms with van der Waals surface area (Å²) in [7, 11) is 0. The fourth-order valence-corrected chi connectivity index (χ4v) is 1.42. The normalized spacial score (nSPS) is 13.6. The van der Waals surface area contributed by atoms with Crippen molar-refractivity contribution in [2.45, 2.75) is 32.2 Å². The van der Waals surface area contributed by atoms with E-state index >= 15 is 0 Å². The van der Waals surface area contributed by atoms with E-state index in [-0.39, 0.29) is 11.8 Å². The van der Waals surface area contributed by atoms with E-state index in [2.05, 4.69) is 4.74 Å². The van der Waals surface area contributed by atoms with E-state index in [1.54, 1.807) is 6.07 Å². The van der Waals surface area contributed by atoms with E-state index in [1.807, 2.05) is 6.92 Å². The van der Waals surface area contributed by atoms with Crippen LogP contribution in [0.5, 0.6) is 5.75 Å². The lowest BCUT2D eigenvalue weighted by atomic mass is 10.0. The summed E-state index contributed by atoms with van der Waals surface area (Å²) in [6.07, 6.45) is -3.05. The summed E-state index contributed by atoms with van der Waals surface area (Å²) >= 11 is 0. The minimum Gasteiger partial charge on any atom is -0.406 e. The van der Waals surface area contributed by atoms with Gasteiger partial charge in [0.15, 0.2) is 0 Å². The average molecular weight is 233 g/mol. The van der Waals surface area contributed by atoms with E-state index in [0.29, 0.717) is 5.56 Å². The number of hydrogen-bond donors (Lipinski definition) is 1. The van der Waals surface area contributed by atoms with E-state index < -0.39 is 6.36 Å². The maximum absolute atomic E-state index is 12.0. The molecular formula is C11H14F3NO. The van der Waals surface area contributed by atoms with Gasteiger partial charge in [0.1, 0.15) is 5.75 Å². The van der Waals surface area contributed by atoms with Gasteiger partial charge in [-0.05, 0) is 24.1 Å².